The van der Waals surface area contributed by atoms with Gasteiger partial charge in [0.1, 0.15) is 0 Å². The van der Waals surface area contributed by atoms with Crippen LogP contribution in [0.15, 0.2) is 84.9 Å². The molecule has 0 aromatic heterocycles. The minimum atomic E-state index is -0.411. The fourth-order valence-electron chi connectivity index (χ4n) is 2.90. The molecule has 0 heterocycles. The van der Waals surface area contributed by atoms with E-state index < -0.39 is 4.92 Å². The SMILES string of the molecule is O=C(CSCc1ccc([N+](=O)[O-])cc1)N(Cc1ccccc1)Cc1ccccc1. The summed E-state index contributed by atoms with van der Waals surface area (Å²) in [5.41, 5.74) is 3.23. The Morgan fingerprint density at radius 2 is 1.31 bits per heavy atom. The van der Waals surface area contributed by atoms with E-state index in [4.69, 9.17) is 0 Å². The molecular formula is C23H22N2O3S. The lowest BCUT2D eigenvalue weighted by Gasteiger charge is -2.23. The molecule has 0 saturated carbocycles. The van der Waals surface area contributed by atoms with Gasteiger partial charge in [-0.05, 0) is 16.7 Å². The van der Waals surface area contributed by atoms with Crippen molar-refractivity contribution >= 4 is 23.4 Å². The van der Waals surface area contributed by atoms with E-state index in [1.54, 1.807) is 12.1 Å². The molecular weight excluding hydrogens is 384 g/mol. The lowest BCUT2D eigenvalue weighted by atomic mass is 10.1. The number of carbonyl (C=O) groups excluding carboxylic acids is 1. The molecule has 3 aromatic carbocycles. The Morgan fingerprint density at radius 1 is 0.793 bits per heavy atom. The van der Waals surface area contributed by atoms with Crippen LogP contribution in [-0.4, -0.2) is 21.5 Å². The van der Waals surface area contributed by atoms with Gasteiger partial charge in [-0.2, -0.15) is 0 Å². The molecule has 29 heavy (non-hydrogen) atoms. The third-order valence-electron chi connectivity index (χ3n) is 4.43. The monoisotopic (exact) mass is 406 g/mol. The van der Waals surface area contributed by atoms with E-state index in [2.05, 4.69) is 0 Å². The van der Waals surface area contributed by atoms with Crippen LogP contribution in [0.4, 0.5) is 5.69 Å². The number of amides is 1. The maximum atomic E-state index is 12.9. The van der Waals surface area contributed by atoms with E-state index in [9.17, 15) is 14.9 Å². The van der Waals surface area contributed by atoms with Crippen molar-refractivity contribution in [1.82, 2.24) is 4.90 Å². The number of thioether (sulfide) groups is 1. The number of hydrogen-bond acceptors (Lipinski definition) is 4. The highest BCUT2D eigenvalue weighted by Crippen LogP contribution is 2.18. The Hall–Kier alpha value is -3.12. The van der Waals surface area contributed by atoms with Gasteiger partial charge >= 0.3 is 0 Å². The Labute approximate surface area is 174 Å². The number of rotatable bonds is 9. The average Bonchev–Trinajstić information content (AvgIpc) is 2.75. The molecule has 0 aliphatic heterocycles. The van der Waals surface area contributed by atoms with Crippen molar-refractivity contribution < 1.29 is 9.72 Å². The van der Waals surface area contributed by atoms with Gasteiger partial charge in [-0.3, -0.25) is 14.9 Å². The quantitative estimate of drug-likeness (QED) is 0.368. The second-order valence-corrected chi connectivity index (χ2v) is 7.62. The van der Waals surface area contributed by atoms with E-state index >= 15 is 0 Å². The Balaban J connectivity index is 1.60. The number of nitro groups is 1. The molecule has 0 radical (unpaired) electrons. The Bertz CT molecular complexity index is 890. The second-order valence-electron chi connectivity index (χ2n) is 6.64. The first kappa shape index (κ1) is 20.6. The maximum Gasteiger partial charge on any atom is 0.269 e. The number of nitro benzene ring substituents is 1. The van der Waals surface area contributed by atoms with Crippen LogP contribution in [0.3, 0.4) is 0 Å². The van der Waals surface area contributed by atoms with Gasteiger partial charge in [-0.1, -0.05) is 72.8 Å². The van der Waals surface area contributed by atoms with Gasteiger partial charge in [0.05, 0.1) is 10.7 Å². The van der Waals surface area contributed by atoms with E-state index in [0.29, 0.717) is 24.6 Å². The predicted molar refractivity (Wildman–Crippen MR) is 116 cm³/mol. The van der Waals surface area contributed by atoms with Gasteiger partial charge in [0.25, 0.3) is 5.69 Å². The fourth-order valence-corrected chi connectivity index (χ4v) is 3.79. The first-order valence-corrected chi connectivity index (χ1v) is 10.4. The van der Waals surface area contributed by atoms with Gasteiger partial charge in [-0.15, -0.1) is 11.8 Å². The lowest BCUT2D eigenvalue weighted by Crippen LogP contribution is -2.31. The zero-order valence-corrected chi connectivity index (χ0v) is 16.8. The molecule has 0 aliphatic carbocycles. The molecule has 0 unspecified atom stereocenters. The normalized spacial score (nSPS) is 10.5. The zero-order valence-electron chi connectivity index (χ0n) is 15.9. The molecule has 148 valence electrons. The summed E-state index contributed by atoms with van der Waals surface area (Å²) in [5, 5.41) is 10.7. The summed E-state index contributed by atoms with van der Waals surface area (Å²) >= 11 is 1.52. The summed E-state index contributed by atoms with van der Waals surface area (Å²) in [5.74, 6) is 1.06. The summed E-state index contributed by atoms with van der Waals surface area (Å²) in [4.78, 5) is 25.1. The lowest BCUT2D eigenvalue weighted by molar-refractivity contribution is -0.384. The minimum Gasteiger partial charge on any atom is -0.333 e. The summed E-state index contributed by atoms with van der Waals surface area (Å²) in [6.45, 7) is 1.12. The van der Waals surface area contributed by atoms with Gasteiger partial charge in [-0.25, -0.2) is 0 Å². The number of hydrogen-bond donors (Lipinski definition) is 0. The Morgan fingerprint density at radius 3 is 1.79 bits per heavy atom. The standard InChI is InChI=1S/C23H22N2O3S/c26-23(18-29-17-21-11-13-22(14-12-21)25(27)28)24(15-19-7-3-1-4-8-19)16-20-9-5-2-6-10-20/h1-14H,15-18H2. The highest BCUT2D eigenvalue weighted by molar-refractivity contribution is 7.99. The summed E-state index contributed by atoms with van der Waals surface area (Å²) in [6.07, 6.45) is 0. The first-order valence-electron chi connectivity index (χ1n) is 9.28. The molecule has 0 atom stereocenters. The van der Waals surface area contributed by atoms with Crippen LogP contribution >= 0.6 is 11.8 Å². The van der Waals surface area contributed by atoms with Gasteiger partial charge in [0.15, 0.2) is 0 Å². The second kappa shape index (κ2) is 10.4. The van der Waals surface area contributed by atoms with Crippen molar-refractivity contribution in [3.05, 3.63) is 112 Å². The van der Waals surface area contributed by atoms with Crippen molar-refractivity contribution in [3.8, 4) is 0 Å². The van der Waals surface area contributed by atoms with Crippen LogP contribution in [0.25, 0.3) is 0 Å². The molecule has 0 N–H and O–H groups in total. The van der Waals surface area contributed by atoms with Crippen molar-refractivity contribution in [3.63, 3.8) is 0 Å². The fraction of sp³-hybridized carbons (Fsp3) is 0.174. The van der Waals surface area contributed by atoms with Crippen molar-refractivity contribution in [1.29, 1.82) is 0 Å². The van der Waals surface area contributed by atoms with E-state index in [1.807, 2.05) is 65.6 Å². The smallest absolute Gasteiger partial charge is 0.269 e. The summed E-state index contributed by atoms with van der Waals surface area (Å²) in [7, 11) is 0. The molecule has 3 rings (SSSR count). The molecule has 0 saturated heterocycles. The number of benzene rings is 3. The third-order valence-corrected chi connectivity index (χ3v) is 5.42. The van der Waals surface area contributed by atoms with Crippen LogP contribution < -0.4 is 0 Å². The van der Waals surface area contributed by atoms with Crippen LogP contribution in [-0.2, 0) is 23.6 Å². The molecule has 6 heteroatoms. The molecule has 3 aromatic rings. The topological polar surface area (TPSA) is 63.4 Å². The van der Waals surface area contributed by atoms with Crippen LogP contribution in [0.5, 0.6) is 0 Å². The zero-order chi connectivity index (χ0) is 20.5. The number of nitrogens with zero attached hydrogens (tertiary/aromatic N) is 2. The van der Waals surface area contributed by atoms with E-state index in [0.717, 1.165) is 16.7 Å². The average molecular weight is 407 g/mol. The molecule has 0 aliphatic rings. The van der Waals surface area contributed by atoms with Gasteiger partial charge < -0.3 is 4.90 Å². The summed E-state index contributed by atoms with van der Waals surface area (Å²) < 4.78 is 0. The van der Waals surface area contributed by atoms with Crippen LogP contribution in [0.2, 0.25) is 0 Å². The third kappa shape index (κ3) is 6.47. The first-order chi connectivity index (χ1) is 14.1. The largest absolute Gasteiger partial charge is 0.333 e. The van der Waals surface area contributed by atoms with Crippen molar-refractivity contribution in [2.45, 2.75) is 18.8 Å². The van der Waals surface area contributed by atoms with E-state index in [-0.39, 0.29) is 11.6 Å². The highest BCUT2D eigenvalue weighted by Gasteiger charge is 2.15. The van der Waals surface area contributed by atoms with Crippen molar-refractivity contribution in [2.75, 3.05) is 5.75 Å². The van der Waals surface area contributed by atoms with Crippen LogP contribution in [0.1, 0.15) is 16.7 Å². The maximum absolute atomic E-state index is 12.9. The molecule has 5 nitrogen and oxygen atoms in total. The number of carbonyl (C=O) groups is 1. The highest BCUT2D eigenvalue weighted by atomic mass is 32.2. The molecule has 0 bridgehead atoms. The van der Waals surface area contributed by atoms with Crippen LogP contribution in [0, 0.1) is 10.1 Å². The van der Waals surface area contributed by atoms with E-state index in [1.165, 1.54) is 23.9 Å². The molecule has 1 amide bonds. The van der Waals surface area contributed by atoms with Gasteiger partial charge in [0.2, 0.25) is 5.91 Å². The molecule has 0 fully saturated rings. The minimum absolute atomic E-state index is 0.0737. The summed E-state index contributed by atoms with van der Waals surface area (Å²) in [6, 6.07) is 26.4. The van der Waals surface area contributed by atoms with Crippen molar-refractivity contribution in [2.24, 2.45) is 0 Å². The van der Waals surface area contributed by atoms with Gasteiger partial charge in [0, 0.05) is 31.0 Å². The predicted octanol–water partition coefficient (Wildman–Crippen LogP) is 5.06. The Kier molecular flexibility index (Phi) is 7.41. The molecule has 0 spiro atoms. The number of non-ortho nitro benzene ring substituents is 1.